The van der Waals surface area contributed by atoms with Crippen LogP contribution < -0.4 is 0 Å². The van der Waals surface area contributed by atoms with Crippen molar-refractivity contribution < 1.29 is 9.47 Å². The van der Waals surface area contributed by atoms with Crippen LogP contribution >= 0.6 is 0 Å². The SMILES string of the molecule is CC(C)COC(C=C[Si])OCC(C)C. The zero-order valence-electron chi connectivity index (χ0n) is 9.62. The molecule has 0 aliphatic carbocycles. The van der Waals surface area contributed by atoms with Crippen molar-refractivity contribution in [2.75, 3.05) is 13.2 Å². The first-order chi connectivity index (χ1) is 6.56. The summed E-state index contributed by atoms with van der Waals surface area (Å²) in [5, 5.41) is 0. The molecule has 0 spiro atoms. The maximum atomic E-state index is 5.55. The van der Waals surface area contributed by atoms with Gasteiger partial charge in [0.2, 0.25) is 0 Å². The van der Waals surface area contributed by atoms with Gasteiger partial charge in [0.05, 0.1) is 23.5 Å². The molecule has 0 saturated carbocycles. The van der Waals surface area contributed by atoms with E-state index < -0.39 is 0 Å². The lowest BCUT2D eigenvalue weighted by atomic mass is 10.2. The number of ether oxygens (including phenoxy) is 2. The van der Waals surface area contributed by atoms with Crippen LogP contribution in [0, 0.1) is 11.8 Å². The van der Waals surface area contributed by atoms with Gasteiger partial charge in [-0.05, 0) is 17.9 Å². The highest BCUT2D eigenvalue weighted by molar-refractivity contribution is 6.16. The summed E-state index contributed by atoms with van der Waals surface area (Å²) in [6, 6.07) is 0. The molecule has 3 radical (unpaired) electrons. The van der Waals surface area contributed by atoms with Crippen molar-refractivity contribution in [3.8, 4) is 0 Å². The minimum absolute atomic E-state index is 0.225. The molecule has 2 nitrogen and oxygen atoms in total. The van der Waals surface area contributed by atoms with Gasteiger partial charge in [0, 0.05) is 0 Å². The number of hydrogen-bond donors (Lipinski definition) is 0. The predicted octanol–water partition coefficient (Wildman–Crippen LogP) is 2.34. The minimum Gasteiger partial charge on any atom is -0.349 e. The fourth-order valence-corrected chi connectivity index (χ4v) is 0.970. The summed E-state index contributed by atoms with van der Waals surface area (Å²) in [5.74, 6) is 1.06. The lowest BCUT2D eigenvalue weighted by Crippen LogP contribution is -2.19. The van der Waals surface area contributed by atoms with E-state index >= 15 is 0 Å². The van der Waals surface area contributed by atoms with E-state index in [0.717, 1.165) is 13.2 Å². The highest BCUT2D eigenvalue weighted by Gasteiger charge is 2.06. The molecule has 3 heteroatoms. The Balaban J connectivity index is 3.77. The zero-order valence-corrected chi connectivity index (χ0v) is 10.6. The summed E-state index contributed by atoms with van der Waals surface area (Å²) in [6.45, 7) is 9.93. The fourth-order valence-electron chi connectivity index (χ4n) is 0.812. The molecule has 0 saturated heterocycles. The van der Waals surface area contributed by atoms with Gasteiger partial charge in [0.25, 0.3) is 0 Å². The Morgan fingerprint density at radius 2 is 1.43 bits per heavy atom. The van der Waals surface area contributed by atoms with Crippen molar-refractivity contribution in [3.63, 3.8) is 0 Å². The fraction of sp³-hybridized carbons (Fsp3) is 0.818. The summed E-state index contributed by atoms with van der Waals surface area (Å²) < 4.78 is 11.1. The predicted molar refractivity (Wildman–Crippen MR) is 60.3 cm³/mol. The van der Waals surface area contributed by atoms with Gasteiger partial charge in [0.1, 0.15) is 0 Å². The number of rotatable bonds is 7. The molecule has 0 aliphatic rings. The molecule has 0 aromatic rings. The molecule has 0 unspecified atom stereocenters. The Hall–Kier alpha value is -0.123. The van der Waals surface area contributed by atoms with Crippen molar-refractivity contribution in [3.05, 3.63) is 11.8 Å². The minimum atomic E-state index is -0.225. The van der Waals surface area contributed by atoms with Gasteiger partial charge in [-0.3, -0.25) is 0 Å². The molecule has 0 aromatic heterocycles. The van der Waals surface area contributed by atoms with Gasteiger partial charge in [-0.25, -0.2) is 0 Å². The van der Waals surface area contributed by atoms with Crippen molar-refractivity contribution in [1.82, 2.24) is 0 Å². The highest BCUT2D eigenvalue weighted by atomic mass is 28.1. The van der Waals surface area contributed by atoms with Crippen molar-refractivity contribution >= 4 is 10.2 Å². The summed E-state index contributed by atoms with van der Waals surface area (Å²) in [4.78, 5) is 0. The van der Waals surface area contributed by atoms with E-state index in [0.29, 0.717) is 11.8 Å². The second-order valence-corrected chi connectivity index (χ2v) is 4.52. The van der Waals surface area contributed by atoms with Crippen LogP contribution in [0.1, 0.15) is 27.7 Å². The lowest BCUT2D eigenvalue weighted by Gasteiger charge is -2.17. The average molecular weight is 213 g/mol. The standard InChI is InChI=1S/C11H21O2Si/c1-9(2)7-12-11(5-6-14)13-8-10(3)4/h5-6,9-11H,7-8H2,1-4H3. The summed E-state index contributed by atoms with van der Waals surface area (Å²) in [6.07, 6.45) is 1.64. The molecule has 0 aromatic carbocycles. The van der Waals surface area contributed by atoms with Gasteiger partial charge in [0.15, 0.2) is 6.29 Å². The van der Waals surface area contributed by atoms with E-state index in [-0.39, 0.29) is 6.29 Å². The number of hydrogen-bond acceptors (Lipinski definition) is 2. The third-order valence-electron chi connectivity index (χ3n) is 1.44. The van der Waals surface area contributed by atoms with Crippen LogP contribution in [0.25, 0.3) is 0 Å². The first-order valence-electron chi connectivity index (χ1n) is 5.13. The van der Waals surface area contributed by atoms with E-state index in [4.69, 9.17) is 9.47 Å². The van der Waals surface area contributed by atoms with E-state index in [1.807, 2.05) is 6.08 Å². The Morgan fingerprint density at radius 3 is 1.71 bits per heavy atom. The van der Waals surface area contributed by atoms with Crippen LogP contribution in [0.15, 0.2) is 11.8 Å². The summed E-state index contributed by atoms with van der Waals surface area (Å²) >= 11 is 0. The maximum Gasteiger partial charge on any atom is 0.176 e. The molecule has 0 rings (SSSR count). The normalized spacial score (nSPS) is 12.6. The topological polar surface area (TPSA) is 18.5 Å². The molecule has 0 bridgehead atoms. The van der Waals surface area contributed by atoms with Crippen LogP contribution in [0.3, 0.4) is 0 Å². The second-order valence-electron chi connectivity index (χ2n) is 4.18. The van der Waals surface area contributed by atoms with Crippen LogP contribution in [-0.2, 0) is 9.47 Å². The summed E-state index contributed by atoms with van der Waals surface area (Å²) in [5.41, 5.74) is 1.77. The van der Waals surface area contributed by atoms with Gasteiger partial charge in [-0.1, -0.05) is 27.7 Å². The van der Waals surface area contributed by atoms with Gasteiger partial charge in [-0.15, -0.1) is 5.70 Å². The second kappa shape index (κ2) is 8.21. The third kappa shape index (κ3) is 8.47. The Kier molecular flexibility index (Phi) is 8.13. The molecule has 0 amide bonds. The van der Waals surface area contributed by atoms with Crippen molar-refractivity contribution in [1.29, 1.82) is 0 Å². The summed E-state index contributed by atoms with van der Waals surface area (Å²) in [7, 11) is 3.27. The smallest absolute Gasteiger partial charge is 0.176 e. The molecule has 0 N–H and O–H groups in total. The van der Waals surface area contributed by atoms with E-state index in [1.165, 1.54) is 0 Å². The molecule has 0 atom stereocenters. The van der Waals surface area contributed by atoms with Gasteiger partial charge < -0.3 is 9.47 Å². The molecule has 0 fully saturated rings. The van der Waals surface area contributed by atoms with Crippen LogP contribution in [-0.4, -0.2) is 29.7 Å². The molecular formula is C11H21O2Si. The quantitative estimate of drug-likeness (QED) is 0.477. The van der Waals surface area contributed by atoms with Gasteiger partial charge in [-0.2, -0.15) is 0 Å². The first kappa shape index (κ1) is 13.9. The molecule has 0 heterocycles. The van der Waals surface area contributed by atoms with Crippen LogP contribution in [0.5, 0.6) is 0 Å². The maximum absolute atomic E-state index is 5.55. The van der Waals surface area contributed by atoms with Crippen molar-refractivity contribution in [2.24, 2.45) is 11.8 Å². The van der Waals surface area contributed by atoms with Crippen LogP contribution in [0.2, 0.25) is 0 Å². The molecular weight excluding hydrogens is 192 g/mol. The molecule has 0 aliphatic heterocycles. The van der Waals surface area contributed by atoms with E-state index in [1.54, 1.807) is 5.70 Å². The zero-order chi connectivity index (χ0) is 11.0. The van der Waals surface area contributed by atoms with Crippen molar-refractivity contribution in [2.45, 2.75) is 34.0 Å². The van der Waals surface area contributed by atoms with E-state index in [2.05, 4.69) is 37.9 Å². The molecule has 14 heavy (non-hydrogen) atoms. The van der Waals surface area contributed by atoms with E-state index in [9.17, 15) is 0 Å². The monoisotopic (exact) mass is 213 g/mol. The lowest BCUT2D eigenvalue weighted by molar-refractivity contribution is -0.123. The highest BCUT2D eigenvalue weighted by Crippen LogP contribution is 2.04. The average Bonchev–Trinajstić information content (AvgIpc) is 2.09. The first-order valence-corrected chi connectivity index (χ1v) is 5.71. The largest absolute Gasteiger partial charge is 0.349 e. The third-order valence-corrected chi connectivity index (χ3v) is 1.63. The Labute approximate surface area is 91.1 Å². The Morgan fingerprint density at radius 1 is 1.00 bits per heavy atom. The Bertz CT molecular complexity index is 143. The van der Waals surface area contributed by atoms with Crippen LogP contribution in [0.4, 0.5) is 0 Å². The van der Waals surface area contributed by atoms with Gasteiger partial charge >= 0.3 is 0 Å². The molecule has 81 valence electrons.